The fraction of sp³-hybridized carbons (Fsp3) is 0.700. The van der Waals surface area contributed by atoms with Crippen molar-refractivity contribution in [2.75, 3.05) is 19.6 Å². The molecule has 138 valence electrons. The van der Waals surface area contributed by atoms with E-state index in [0.29, 0.717) is 0 Å². The Morgan fingerprint density at radius 3 is 2.72 bits per heavy atom. The van der Waals surface area contributed by atoms with Gasteiger partial charge in [-0.05, 0) is 50.3 Å². The number of aromatic nitrogens is 2. The number of fused-ring (bicyclic) bond motifs is 3. The topological polar surface area (TPSA) is 38.1 Å². The highest BCUT2D eigenvalue weighted by molar-refractivity contribution is 7.18. The predicted octanol–water partition coefficient (Wildman–Crippen LogP) is 3.88. The average Bonchev–Trinajstić information content (AvgIpc) is 2.95. The molecule has 5 heteroatoms. The average molecular weight is 362 g/mol. The van der Waals surface area contributed by atoms with Crippen LogP contribution in [-0.4, -0.2) is 34.1 Å². The molecule has 0 radical (unpaired) electrons. The molecule has 0 bridgehead atoms. The molecule has 0 aliphatic heterocycles. The Balaban J connectivity index is 2.06. The molecular weight excluding hydrogens is 330 g/mol. The first-order valence-electron chi connectivity index (χ1n) is 9.85. The maximum Gasteiger partial charge on any atom is 0.262 e. The summed E-state index contributed by atoms with van der Waals surface area (Å²) in [5, 5.41) is 0.922. The van der Waals surface area contributed by atoms with E-state index in [2.05, 4.69) is 32.6 Å². The van der Waals surface area contributed by atoms with Crippen LogP contribution in [-0.2, 0) is 25.8 Å². The van der Waals surface area contributed by atoms with Gasteiger partial charge in [0.05, 0.1) is 5.39 Å². The Labute approximate surface area is 154 Å². The molecule has 0 aromatic carbocycles. The molecule has 0 spiro atoms. The molecule has 1 unspecified atom stereocenters. The highest BCUT2D eigenvalue weighted by atomic mass is 32.1. The Kier molecular flexibility index (Phi) is 5.95. The third-order valence-corrected chi connectivity index (χ3v) is 6.65. The molecule has 2 aromatic rings. The van der Waals surface area contributed by atoms with Gasteiger partial charge in [0.25, 0.3) is 5.56 Å². The molecule has 3 rings (SSSR count). The predicted molar refractivity (Wildman–Crippen MR) is 107 cm³/mol. The minimum Gasteiger partial charge on any atom is -0.302 e. The molecule has 2 heterocycles. The van der Waals surface area contributed by atoms with E-state index in [9.17, 15) is 4.79 Å². The zero-order chi connectivity index (χ0) is 18.0. The van der Waals surface area contributed by atoms with Crippen molar-refractivity contribution in [2.45, 2.75) is 66.3 Å². The zero-order valence-corrected chi connectivity index (χ0v) is 16.9. The van der Waals surface area contributed by atoms with Gasteiger partial charge in [0.1, 0.15) is 10.7 Å². The van der Waals surface area contributed by atoms with E-state index in [1.54, 1.807) is 11.3 Å². The number of rotatable bonds is 7. The van der Waals surface area contributed by atoms with E-state index >= 15 is 0 Å². The van der Waals surface area contributed by atoms with Crippen molar-refractivity contribution in [2.24, 2.45) is 5.92 Å². The fourth-order valence-electron chi connectivity index (χ4n) is 3.89. The van der Waals surface area contributed by atoms with Gasteiger partial charge in [-0.1, -0.05) is 27.7 Å². The summed E-state index contributed by atoms with van der Waals surface area (Å²) in [6.45, 7) is 12.5. The van der Waals surface area contributed by atoms with Crippen molar-refractivity contribution >= 4 is 21.6 Å². The van der Waals surface area contributed by atoms with E-state index in [4.69, 9.17) is 4.98 Å². The van der Waals surface area contributed by atoms with Crippen LogP contribution in [0.2, 0.25) is 0 Å². The second-order valence-corrected chi connectivity index (χ2v) is 8.38. The Hall–Kier alpha value is -1.20. The van der Waals surface area contributed by atoms with Gasteiger partial charge in [-0.25, -0.2) is 4.98 Å². The lowest BCUT2D eigenvalue weighted by Crippen LogP contribution is -2.33. The highest BCUT2D eigenvalue weighted by Gasteiger charge is 2.24. The SMILES string of the molecule is CCCc1nc2sc3c(c2c(=O)n1CCN(CC)CC)CCC(C)C3. The minimum absolute atomic E-state index is 0.202. The monoisotopic (exact) mass is 361 g/mol. The van der Waals surface area contributed by atoms with Crippen LogP contribution in [0.1, 0.15) is 56.8 Å². The molecule has 4 nitrogen and oxygen atoms in total. The fourth-order valence-corrected chi connectivity index (χ4v) is 5.28. The van der Waals surface area contributed by atoms with E-state index < -0.39 is 0 Å². The lowest BCUT2D eigenvalue weighted by Gasteiger charge is -2.20. The zero-order valence-electron chi connectivity index (χ0n) is 16.1. The molecule has 0 saturated heterocycles. The first kappa shape index (κ1) is 18.6. The molecule has 0 amide bonds. The third-order valence-electron chi connectivity index (χ3n) is 5.50. The van der Waals surface area contributed by atoms with Crippen LogP contribution >= 0.6 is 11.3 Å². The lowest BCUT2D eigenvalue weighted by atomic mass is 9.89. The van der Waals surface area contributed by atoms with E-state index in [-0.39, 0.29) is 5.56 Å². The van der Waals surface area contributed by atoms with Gasteiger partial charge in [-0.15, -0.1) is 11.3 Å². The van der Waals surface area contributed by atoms with Crippen molar-refractivity contribution in [3.63, 3.8) is 0 Å². The number of aryl methyl sites for hydroxylation is 2. The standard InChI is InChI=1S/C20H31N3OS/c1-5-8-17-21-19-18(15-10-9-14(4)13-16(15)25-19)20(24)23(17)12-11-22(6-2)7-3/h14H,5-13H2,1-4H3. The molecule has 1 aliphatic carbocycles. The Morgan fingerprint density at radius 2 is 2.04 bits per heavy atom. The van der Waals surface area contributed by atoms with E-state index in [1.165, 1.54) is 16.9 Å². The van der Waals surface area contributed by atoms with Crippen LogP contribution in [0.4, 0.5) is 0 Å². The second kappa shape index (κ2) is 8.00. The van der Waals surface area contributed by atoms with Crippen LogP contribution in [0.5, 0.6) is 0 Å². The van der Waals surface area contributed by atoms with Crippen molar-refractivity contribution in [1.82, 2.24) is 14.5 Å². The number of hydrogen-bond acceptors (Lipinski definition) is 4. The summed E-state index contributed by atoms with van der Waals surface area (Å²) < 4.78 is 1.97. The maximum atomic E-state index is 13.3. The van der Waals surface area contributed by atoms with Crippen molar-refractivity contribution in [1.29, 1.82) is 0 Å². The van der Waals surface area contributed by atoms with Crippen molar-refractivity contribution in [3.8, 4) is 0 Å². The summed E-state index contributed by atoms with van der Waals surface area (Å²) in [6.07, 6.45) is 5.23. The first-order chi connectivity index (χ1) is 12.1. The van der Waals surface area contributed by atoms with Crippen LogP contribution in [0.15, 0.2) is 4.79 Å². The van der Waals surface area contributed by atoms with Gasteiger partial charge in [-0.3, -0.25) is 9.36 Å². The largest absolute Gasteiger partial charge is 0.302 e. The molecule has 0 fully saturated rings. The molecule has 25 heavy (non-hydrogen) atoms. The Bertz CT molecular complexity index is 788. The number of hydrogen-bond donors (Lipinski definition) is 0. The maximum absolute atomic E-state index is 13.3. The smallest absolute Gasteiger partial charge is 0.262 e. The van der Waals surface area contributed by atoms with E-state index in [1.807, 2.05) is 4.57 Å². The quantitative estimate of drug-likeness (QED) is 0.751. The third kappa shape index (κ3) is 3.68. The number of likely N-dealkylation sites (N-methyl/N-ethyl adjacent to an activating group) is 1. The molecule has 1 atom stereocenters. The first-order valence-corrected chi connectivity index (χ1v) is 10.7. The summed E-state index contributed by atoms with van der Waals surface area (Å²) in [4.78, 5) is 23.0. The van der Waals surface area contributed by atoms with Gasteiger partial charge >= 0.3 is 0 Å². The van der Waals surface area contributed by atoms with Crippen LogP contribution in [0, 0.1) is 5.92 Å². The molecule has 0 N–H and O–H groups in total. The number of nitrogens with zero attached hydrogens (tertiary/aromatic N) is 3. The van der Waals surface area contributed by atoms with Crippen LogP contribution in [0.3, 0.4) is 0 Å². The summed E-state index contributed by atoms with van der Waals surface area (Å²) in [6, 6.07) is 0. The van der Waals surface area contributed by atoms with Crippen molar-refractivity contribution < 1.29 is 0 Å². The highest BCUT2D eigenvalue weighted by Crippen LogP contribution is 2.35. The van der Waals surface area contributed by atoms with Gasteiger partial charge in [0, 0.05) is 24.4 Å². The lowest BCUT2D eigenvalue weighted by molar-refractivity contribution is 0.287. The Morgan fingerprint density at radius 1 is 1.28 bits per heavy atom. The summed E-state index contributed by atoms with van der Waals surface area (Å²) >= 11 is 1.76. The number of thiophene rings is 1. The van der Waals surface area contributed by atoms with Gasteiger partial charge < -0.3 is 4.90 Å². The van der Waals surface area contributed by atoms with Gasteiger partial charge in [-0.2, -0.15) is 0 Å². The summed E-state index contributed by atoms with van der Waals surface area (Å²) in [5.74, 6) is 1.69. The van der Waals surface area contributed by atoms with Crippen LogP contribution in [0.25, 0.3) is 10.2 Å². The van der Waals surface area contributed by atoms with Crippen molar-refractivity contribution in [3.05, 3.63) is 26.6 Å². The molecule has 1 aliphatic rings. The van der Waals surface area contributed by atoms with Gasteiger partial charge in [0.15, 0.2) is 0 Å². The molecular formula is C20H31N3OS. The molecule has 0 saturated carbocycles. The molecule has 2 aromatic heterocycles. The van der Waals surface area contributed by atoms with E-state index in [0.717, 1.165) is 73.8 Å². The minimum atomic E-state index is 0.202. The second-order valence-electron chi connectivity index (χ2n) is 7.29. The normalized spacial score (nSPS) is 17.4. The summed E-state index contributed by atoms with van der Waals surface area (Å²) in [5.41, 5.74) is 1.50. The summed E-state index contributed by atoms with van der Waals surface area (Å²) in [7, 11) is 0. The van der Waals surface area contributed by atoms with Crippen LogP contribution < -0.4 is 5.56 Å². The van der Waals surface area contributed by atoms with Gasteiger partial charge in [0.2, 0.25) is 0 Å².